The number of nitrogens with one attached hydrogen (secondary N) is 1. The number of hydrogen-bond donors (Lipinski definition) is 1. The van der Waals surface area contributed by atoms with Crippen LogP contribution in [-0.4, -0.2) is 26.9 Å². The highest BCUT2D eigenvalue weighted by Crippen LogP contribution is 2.21. The van der Waals surface area contributed by atoms with Crippen molar-refractivity contribution in [1.82, 2.24) is 20.2 Å². The molecule has 3 aromatic rings. The van der Waals surface area contributed by atoms with Crippen LogP contribution in [0.15, 0.2) is 66.2 Å². The van der Waals surface area contributed by atoms with E-state index in [1.807, 2.05) is 48.7 Å². The fourth-order valence-corrected chi connectivity index (χ4v) is 2.11. The number of carbonyl (C=O) groups is 1. The molecule has 1 N–H and O–H groups in total. The lowest BCUT2D eigenvalue weighted by atomic mass is 10.1. The van der Waals surface area contributed by atoms with E-state index in [2.05, 4.69) is 20.6 Å². The lowest BCUT2D eigenvalue weighted by Crippen LogP contribution is -2.12. The molecule has 6 heteroatoms. The summed E-state index contributed by atoms with van der Waals surface area (Å²) in [5, 5.41) is 8.56. The van der Waals surface area contributed by atoms with Gasteiger partial charge in [-0.2, -0.15) is 10.2 Å². The second-order valence-corrected chi connectivity index (χ2v) is 4.88. The van der Waals surface area contributed by atoms with Crippen LogP contribution in [-0.2, 0) is 4.79 Å². The second-order valence-electron chi connectivity index (χ2n) is 4.88. The molecule has 1 amide bonds. The van der Waals surface area contributed by atoms with Gasteiger partial charge >= 0.3 is 0 Å². The number of para-hydroxylation sites is 1. The number of carbonyl (C=O) groups excluding carboxylic acids is 1. The quantitative estimate of drug-likeness (QED) is 0.594. The molecule has 0 radical (unpaired) electrons. The topological polar surface area (TPSA) is 72.2 Å². The zero-order valence-corrected chi connectivity index (χ0v) is 12.5. The molecule has 0 unspecified atom stereocenters. The summed E-state index contributed by atoms with van der Waals surface area (Å²) < 4.78 is 1.78. The van der Waals surface area contributed by atoms with Gasteiger partial charge in [-0.1, -0.05) is 18.2 Å². The molecule has 0 aliphatic rings. The minimum atomic E-state index is -0.223. The monoisotopic (exact) mass is 305 g/mol. The van der Waals surface area contributed by atoms with Crippen LogP contribution < -0.4 is 5.43 Å². The first-order valence-electron chi connectivity index (χ1n) is 7.09. The SMILES string of the molecule is CC(=O)N/N=C\c1cn(-c2ccccc2)nc1-c1cccnc1. The Bertz CT molecular complexity index is 825. The predicted molar refractivity (Wildman–Crippen MR) is 88.2 cm³/mol. The number of hydrazone groups is 1. The van der Waals surface area contributed by atoms with E-state index in [1.165, 1.54) is 6.92 Å². The Morgan fingerprint density at radius 2 is 2.04 bits per heavy atom. The van der Waals surface area contributed by atoms with E-state index < -0.39 is 0 Å². The molecule has 0 aliphatic carbocycles. The number of pyridine rings is 1. The molecule has 23 heavy (non-hydrogen) atoms. The maximum Gasteiger partial charge on any atom is 0.236 e. The smallest absolute Gasteiger partial charge is 0.236 e. The van der Waals surface area contributed by atoms with Crippen molar-refractivity contribution in [2.24, 2.45) is 5.10 Å². The highest BCUT2D eigenvalue weighted by atomic mass is 16.2. The zero-order valence-electron chi connectivity index (χ0n) is 12.5. The van der Waals surface area contributed by atoms with Crippen LogP contribution in [0, 0.1) is 0 Å². The molecule has 0 aliphatic heterocycles. The normalized spacial score (nSPS) is 10.8. The zero-order chi connectivity index (χ0) is 16.1. The van der Waals surface area contributed by atoms with Crippen molar-refractivity contribution in [3.63, 3.8) is 0 Å². The number of hydrogen-bond acceptors (Lipinski definition) is 4. The predicted octanol–water partition coefficient (Wildman–Crippen LogP) is 2.40. The van der Waals surface area contributed by atoms with Gasteiger partial charge in [-0.05, 0) is 24.3 Å². The Kier molecular flexibility index (Phi) is 4.24. The maximum atomic E-state index is 11.0. The molecule has 3 rings (SSSR count). The number of aromatic nitrogens is 3. The highest BCUT2D eigenvalue weighted by molar-refractivity contribution is 5.89. The average Bonchev–Trinajstić information content (AvgIpc) is 3.00. The van der Waals surface area contributed by atoms with Gasteiger partial charge < -0.3 is 0 Å². The molecule has 2 aromatic heterocycles. The first-order chi connectivity index (χ1) is 11.2. The maximum absolute atomic E-state index is 11.0. The van der Waals surface area contributed by atoms with Crippen LogP contribution >= 0.6 is 0 Å². The third-order valence-electron chi connectivity index (χ3n) is 3.12. The van der Waals surface area contributed by atoms with E-state index in [4.69, 9.17) is 0 Å². The van der Waals surface area contributed by atoms with Crippen molar-refractivity contribution < 1.29 is 4.79 Å². The second kappa shape index (κ2) is 6.65. The van der Waals surface area contributed by atoms with Gasteiger partial charge in [0.15, 0.2) is 0 Å². The van der Waals surface area contributed by atoms with E-state index in [1.54, 1.807) is 23.3 Å². The Labute approximate surface area is 133 Å². The molecule has 0 saturated heterocycles. The molecule has 114 valence electrons. The lowest BCUT2D eigenvalue weighted by Gasteiger charge is -1.99. The molecule has 6 nitrogen and oxygen atoms in total. The average molecular weight is 305 g/mol. The Morgan fingerprint density at radius 1 is 1.22 bits per heavy atom. The van der Waals surface area contributed by atoms with Gasteiger partial charge in [-0.25, -0.2) is 10.1 Å². The van der Waals surface area contributed by atoms with Crippen LogP contribution in [0.25, 0.3) is 16.9 Å². The number of nitrogens with zero attached hydrogens (tertiary/aromatic N) is 4. The van der Waals surface area contributed by atoms with Gasteiger partial charge in [-0.15, -0.1) is 0 Å². The largest absolute Gasteiger partial charge is 0.274 e. The van der Waals surface area contributed by atoms with Gasteiger partial charge in [0.1, 0.15) is 5.69 Å². The van der Waals surface area contributed by atoms with Crippen LogP contribution in [0.4, 0.5) is 0 Å². The molecule has 0 spiro atoms. The van der Waals surface area contributed by atoms with Crippen molar-refractivity contribution in [1.29, 1.82) is 0 Å². The molecule has 0 fully saturated rings. The summed E-state index contributed by atoms with van der Waals surface area (Å²) in [6.45, 7) is 1.41. The summed E-state index contributed by atoms with van der Waals surface area (Å²) in [6.07, 6.45) is 6.90. The summed E-state index contributed by atoms with van der Waals surface area (Å²) in [6, 6.07) is 13.6. The summed E-state index contributed by atoms with van der Waals surface area (Å²) in [7, 11) is 0. The van der Waals surface area contributed by atoms with E-state index in [0.29, 0.717) is 0 Å². The molecule has 0 atom stereocenters. The fraction of sp³-hybridized carbons (Fsp3) is 0.0588. The number of benzene rings is 1. The van der Waals surface area contributed by atoms with Gasteiger partial charge in [-0.3, -0.25) is 9.78 Å². The van der Waals surface area contributed by atoms with Gasteiger partial charge in [0.2, 0.25) is 5.91 Å². The van der Waals surface area contributed by atoms with Crippen molar-refractivity contribution in [2.75, 3.05) is 0 Å². The van der Waals surface area contributed by atoms with E-state index in [0.717, 1.165) is 22.5 Å². The molecular weight excluding hydrogens is 290 g/mol. The van der Waals surface area contributed by atoms with E-state index in [-0.39, 0.29) is 5.91 Å². The van der Waals surface area contributed by atoms with Gasteiger partial charge in [0.25, 0.3) is 0 Å². The van der Waals surface area contributed by atoms with E-state index in [9.17, 15) is 4.79 Å². The van der Waals surface area contributed by atoms with Gasteiger partial charge in [0.05, 0.1) is 11.9 Å². The Hall–Kier alpha value is -3.28. The molecule has 2 heterocycles. The highest BCUT2D eigenvalue weighted by Gasteiger charge is 2.11. The first kappa shape index (κ1) is 14.6. The van der Waals surface area contributed by atoms with Crippen molar-refractivity contribution in [2.45, 2.75) is 6.92 Å². The van der Waals surface area contributed by atoms with Crippen LogP contribution in [0.1, 0.15) is 12.5 Å². The summed E-state index contributed by atoms with van der Waals surface area (Å²) in [5.74, 6) is -0.223. The minimum absolute atomic E-state index is 0.223. The fourth-order valence-electron chi connectivity index (χ4n) is 2.11. The lowest BCUT2D eigenvalue weighted by molar-refractivity contribution is -0.118. The van der Waals surface area contributed by atoms with Crippen LogP contribution in [0.2, 0.25) is 0 Å². The van der Waals surface area contributed by atoms with Gasteiger partial charge in [0, 0.05) is 36.6 Å². The summed E-state index contributed by atoms with van der Waals surface area (Å²) in [5.41, 5.74) is 5.76. The van der Waals surface area contributed by atoms with Crippen molar-refractivity contribution >= 4 is 12.1 Å². The first-order valence-corrected chi connectivity index (χ1v) is 7.09. The summed E-state index contributed by atoms with van der Waals surface area (Å²) in [4.78, 5) is 15.1. The standard InChI is InChI=1S/C17H15N5O/c1-13(23)20-19-11-15-12-22(16-7-3-2-4-8-16)21-17(15)14-6-5-9-18-10-14/h2-12H,1H3,(H,20,23)/b19-11-. The van der Waals surface area contributed by atoms with Crippen LogP contribution in [0.5, 0.6) is 0 Å². The molecule has 1 aromatic carbocycles. The Morgan fingerprint density at radius 3 is 2.74 bits per heavy atom. The molecule has 0 bridgehead atoms. The molecule has 0 saturated carbocycles. The minimum Gasteiger partial charge on any atom is -0.274 e. The van der Waals surface area contributed by atoms with Crippen molar-refractivity contribution in [3.05, 3.63) is 66.6 Å². The Balaban J connectivity index is 2.03. The number of rotatable bonds is 4. The number of amides is 1. The molecular formula is C17H15N5O. The third-order valence-corrected chi connectivity index (χ3v) is 3.12. The van der Waals surface area contributed by atoms with E-state index >= 15 is 0 Å². The van der Waals surface area contributed by atoms with Crippen molar-refractivity contribution in [3.8, 4) is 16.9 Å². The van der Waals surface area contributed by atoms with Crippen LogP contribution in [0.3, 0.4) is 0 Å². The summed E-state index contributed by atoms with van der Waals surface area (Å²) >= 11 is 0. The third kappa shape index (κ3) is 3.49.